The normalized spacial score (nSPS) is 11.4. The second kappa shape index (κ2) is 23.4. The van der Waals surface area contributed by atoms with Gasteiger partial charge in [-0.2, -0.15) is 0 Å². The molecule has 0 radical (unpaired) electrons. The van der Waals surface area contributed by atoms with E-state index in [9.17, 15) is 14.4 Å². The Morgan fingerprint density at radius 3 is 2.02 bits per heavy atom. The van der Waals surface area contributed by atoms with Crippen LogP contribution >= 0.6 is 9.42 Å². The van der Waals surface area contributed by atoms with Gasteiger partial charge in [0.1, 0.15) is 0 Å². The van der Waals surface area contributed by atoms with Crippen LogP contribution in [0, 0.1) is 5.92 Å². The molecule has 0 aliphatic heterocycles. The van der Waals surface area contributed by atoms with Crippen molar-refractivity contribution in [1.82, 2.24) is 15.6 Å². The first-order valence-electron chi connectivity index (χ1n) is 14.1. The number of nitrogens with two attached hydrogens (primary N) is 2. The quantitative estimate of drug-likeness (QED) is 0.180. The summed E-state index contributed by atoms with van der Waals surface area (Å²) >= 11 is 1.61. The van der Waals surface area contributed by atoms with Gasteiger partial charge in [0.2, 0.25) is 11.8 Å². The zero-order valence-electron chi connectivity index (χ0n) is 24.7. The van der Waals surface area contributed by atoms with Gasteiger partial charge < -0.3 is 26.8 Å². The topological polar surface area (TPSA) is 149 Å². The van der Waals surface area contributed by atoms with Crippen molar-refractivity contribution in [2.24, 2.45) is 17.4 Å². The summed E-state index contributed by atoms with van der Waals surface area (Å²) in [5.74, 6) is -1.06. The Hall–Kier alpha value is -3.10. The molecule has 1 aromatic heterocycles. The van der Waals surface area contributed by atoms with Crippen LogP contribution in [0.5, 0.6) is 0 Å². The third-order valence-corrected chi connectivity index (χ3v) is 6.22. The van der Waals surface area contributed by atoms with Crippen LogP contribution in [-0.2, 0) is 50.9 Å². The number of halogens is 1. The summed E-state index contributed by atoms with van der Waals surface area (Å²) in [6, 6.07) is 21.7. The minimum atomic E-state index is -0.363. The van der Waals surface area contributed by atoms with Gasteiger partial charge in [-0.25, -0.2) is 0 Å². The van der Waals surface area contributed by atoms with Crippen molar-refractivity contribution in [3.8, 4) is 11.1 Å². The van der Waals surface area contributed by atoms with Crippen LogP contribution in [0.2, 0.25) is 0 Å². The van der Waals surface area contributed by atoms with E-state index in [0.717, 1.165) is 22.3 Å². The van der Waals surface area contributed by atoms with Crippen molar-refractivity contribution in [3.05, 3.63) is 90.3 Å². The van der Waals surface area contributed by atoms with E-state index >= 15 is 0 Å². The number of ether oxygens (including phenoxy) is 1. The maximum atomic E-state index is 12.7. The van der Waals surface area contributed by atoms with Crippen molar-refractivity contribution in [3.63, 3.8) is 0 Å². The van der Waals surface area contributed by atoms with Gasteiger partial charge in [-0.1, -0.05) is 61.5 Å². The molecular formula is C32H43ClN5O4Pt. The summed E-state index contributed by atoms with van der Waals surface area (Å²) in [6.45, 7) is 5.48. The van der Waals surface area contributed by atoms with Crippen LogP contribution in [0.15, 0.2) is 79.1 Å². The van der Waals surface area contributed by atoms with Gasteiger partial charge in [-0.15, -0.1) is 0 Å². The molecule has 9 nitrogen and oxygen atoms in total. The van der Waals surface area contributed by atoms with Gasteiger partial charge in [0.25, 0.3) is 0 Å². The van der Waals surface area contributed by atoms with Gasteiger partial charge in [0, 0.05) is 50.9 Å². The fraction of sp³-hybridized carbons (Fsp3) is 0.375. The van der Waals surface area contributed by atoms with Gasteiger partial charge >= 0.3 is 34.2 Å². The zero-order chi connectivity index (χ0) is 31.9. The Bertz CT molecular complexity index is 1190. The second-order valence-electron chi connectivity index (χ2n) is 9.63. The molecule has 11 heteroatoms. The van der Waals surface area contributed by atoms with Crippen LogP contribution in [0.4, 0.5) is 0 Å². The molecule has 3 rings (SSSR count). The molecule has 2 aromatic carbocycles. The molecule has 0 bridgehead atoms. The van der Waals surface area contributed by atoms with Crippen molar-refractivity contribution in [2.75, 3.05) is 19.7 Å². The van der Waals surface area contributed by atoms with Crippen molar-refractivity contribution >= 4 is 27.2 Å². The molecule has 0 saturated carbocycles. The number of carbonyl (C=O) groups is 3. The van der Waals surface area contributed by atoms with Gasteiger partial charge in [-0.3, -0.25) is 19.4 Å². The molecule has 2 amide bonds. The van der Waals surface area contributed by atoms with E-state index in [0.29, 0.717) is 39.1 Å². The van der Waals surface area contributed by atoms with E-state index in [1.807, 2.05) is 49.4 Å². The summed E-state index contributed by atoms with van der Waals surface area (Å²) in [6.07, 6.45) is 4.50. The van der Waals surface area contributed by atoms with Crippen LogP contribution in [0.3, 0.4) is 0 Å². The molecule has 6 N–H and O–H groups in total. The number of nitrogens with zero attached hydrogens (tertiary/aromatic N) is 1. The third-order valence-electron chi connectivity index (χ3n) is 6.22. The monoisotopic (exact) mass is 791 g/mol. The maximum absolute atomic E-state index is 12.7. The number of rotatable bonds is 14. The van der Waals surface area contributed by atoms with Crippen molar-refractivity contribution in [1.29, 1.82) is 0 Å². The van der Waals surface area contributed by atoms with Gasteiger partial charge in [-0.05, 0) is 54.2 Å². The number of esters is 1. The van der Waals surface area contributed by atoms with E-state index in [1.54, 1.807) is 38.1 Å². The molecular weight excluding hydrogens is 749 g/mol. The summed E-state index contributed by atoms with van der Waals surface area (Å²) in [4.78, 5) is 41.1. The van der Waals surface area contributed by atoms with Crippen molar-refractivity contribution < 1.29 is 37.9 Å². The summed E-state index contributed by atoms with van der Waals surface area (Å²) < 4.78 is 5.16. The summed E-state index contributed by atoms with van der Waals surface area (Å²) in [5, 5.41) is 5.85. The SMILES string of the molecule is CCOC(=O)C(C)C[C@@H](Cc1ccc(-c2ccccc2)cc1)NC(=O)CCC(=O)NCc1ccncc1.NCCN.[Cl][Pt]. The van der Waals surface area contributed by atoms with E-state index in [1.165, 1.54) is 0 Å². The van der Waals surface area contributed by atoms with Gasteiger partial charge in [0.05, 0.1) is 12.5 Å². The molecule has 43 heavy (non-hydrogen) atoms. The number of carbonyl (C=O) groups excluding carboxylic acids is 3. The first kappa shape index (κ1) is 37.9. The van der Waals surface area contributed by atoms with Crippen LogP contribution in [0.25, 0.3) is 11.1 Å². The van der Waals surface area contributed by atoms with E-state index in [4.69, 9.17) is 16.2 Å². The molecule has 3 aromatic rings. The van der Waals surface area contributed by atoms with E-state index in [2.05, 4.69) is 49.3 Å². The molecule has 237 valence electrons. The number of hydrogen-bond acceptors (Lipinski definition) is 7. The zero-order valence-corrected chi connectivity index (χ0v) is 27.8. The minimum absolute atomic E-state index is 0.0689. The van der Waals surface area contributed by atoms with Crippen LogP contribution in [0.1, 0.15) is 44.2 Å². The summed E-state index contributed by atoms with van der Waals surface area (Å²) in [5.41, 5.74) is 14.1. The fourth-order valence-corrected chi connectivity index (χ4v) is 4.07. The van der Waals surface area contributed by atoms with Crippen LogP contribution < -0.4 is 22.1 Å². The molecule has 1 unspecified atom stereocenters. The number of aromatic nitrogens is 1. The summed E-state index contributed by atoms with van der Waals surface area (Å²) in [7, 11) is 4.61. The van der Waals surface area contributed by atoms with E-state index in [-0.39, 0.29) is 42.6 Å². The third kappa shape index (κ3) is 16.4. The molecule has 2 atom stereocenters. The molecule has 0 fully saturated rings. The Morgan fingerprint density at radius 1 is 0.860 bits per heavy atom. The Kier molecular flexibility index (Phi) is 20.6. The number of pyridine rings is 1. The fourth-order valence-electron chi connectivity index (χ4n) is 4.07. The molecule has 0 aliphatic rings. The molecule has 0 aliphatic carbocycles. The average Bonchev–Trinajstić information content (AvgIpc) is 3.05. The number of benzene rings is 2. The number of hydrogen-bond donors (Lipinski definition) is 4. The Balaban J connectivity index is 0.00000142. The first-order valence-corrected chi connectivity index (χ1v) is 17.0. The molecule has 1 heterocycles. The van der Waals surface area contributed by atoms with Crippen LogP contribution in [-0.4, -0.2) is 48.5 Å². The predicted octanol–water partition coefficient (Wildman–Crippen LogP) is 4.05. The Labute approximate surface area is 270 Å². The number of nitrogens with one attached hydrogen (secondary N) is 2. The Morgan fingerprint density at radius 2 is 1.44 bits per heavy atom. The first-order chi connectivity index (χ1) is 20.9. The average molecular weight is 792 g/mol. The number of amides is 2. The van der Waals surface area contributed by atoms with E-state index < -0.39 is 0 Å². The van der Waals surface area contributed by atoms with Crippen molar-refractivity contribution in [2.45, 2.75) is 52.1 Å². The molecule has 0 spiro atoms. The predicted molar refractivity (Wildman–Crippen MR) is 167 cm³/mol. The second-order valence-corrected chi connectivity index (χ2v) is 9.63. The molecule has 0 saturated heterocycles. The van der Waals surface area contributed by atoms with Gasteiger partial charge in [0.15, 0.2) is 0 Å². The standard InChI is InChI=1S/C30H35N3O4.C2H8N2.ClH.Pt/c1-3-37-30(36)22(2)19-27(20-23-9-11-26(12-10-23)25-7-5-4-6-8-25)33-29(35)14-13-28(34)32-21-24-15-17-31-18-16-24;3-1-2-4;;/h4-12,15-18,22,27H,3,13-14,19-21H2,1-2H3,(H,32,34)(H,33,35);1-4H2;1H;/q;;;+1/p-1/t22?,27-;;;/m0.../s1.